The van der Waals surface area contributed by atoms with Crippen LogP contribution in [-0.2, 0) is 9.53 Å². The number of aliphatic carboxylic acids is 1. The maximum absolute atomic E-state index is 10.5. The van der Waals surface area contributed by atoms with Crippen LogP contribution in [-0.4, -0.2) is 34.5 Å². The highest BCUT2D eigenvalue weighted by molar-refractivity contribution is 5.79. The summed E-state index contributed by atoms with van der Waals surface area (Å²) in [5.41, 5.74) is 0. The van der Waals surface area contributed by atoms with Crippen LogP contribution in [0.15, 0.2) is 36.5 Å². The Hall–Kier alpha value is -1.39. The van der Waals surface area contributed by atoms with Gasteiger partial charge in [-0.3, -0.25) is 0 Å². The van der Waals surface area contributed by atoms with Gasteiger partial charge < -0.3 is 14.9 Å². The first-order valence-electron chi connectivity index (χ1n) is 10.2. The number of carboxylic acids is 1. The van der Waals surface area contributed by atoms with E-state index in [0.717, 1.165) is 32.1 Å². The summed E-state index contributed by atoms with van der Waals surface area (Å²) >= 11 is 0. The Bertz CT molecular complexity index is 544. The highest BCUT2D eigenvalue weighted by atomic mass is 16.5. The van der Waals surface area contributed by atoms with Gasteiger partial charge in [-0.25, -0.2) is 4.79 Å². The molecule has 2 saturated heterocycles. The highest BCUT2D eigenvalue weighted by Gasteiger charge is 2.46. The quantitative estimate of drug-likeness (QED) is 0.501. The molecule has 4 nitrogen and oxygen atoms in total. The molecule has 3 rings (SSSR count). The minimum atomic E-state index is -0.901. The van der Waals surface area contributed by atoms with Gasteiger partial charge in [0.1, 0.15) is 0 Å². The van der Waals surface area contributed by atoms with Crippen molar-refractivity contribution >= 4 is 5.97 Å². The monoisotopic (exact) mass is 360 g/mol. The van der Waals surface area contributed by atoms with Crippen molar-refractivity contribution in [1.29, 1.82) is 0 Å². The minimum absolute atomic E-state index is 0.306. The predicted molar refractivity (Wildman–Crippen MR) is 102 cm³/mol. The Balaban J connectivity index is 1.52. The lowest BCUT2D eigenvalue weighted by atomic mass is 9.76. The Kier molecular flexibility index (Phi) is 7.09. The highest BCUT2D eigenvalue weighted by Crippen LogP contribution is 2.46. The molecule has 2 N–H and O–H groups in total. The van der Waals surface area contributed by atoms with E-state index in [1.54, 1.807) is 6.08 Å². The number of hydrogen-bond donors (Lipinski definition) is 2. The smallest absolute Gasteiger partial charge is 0.327 e. The molecule has 0 aromatic heterocycles. The van der Waals surface area contributed by atoms with Crippen LogP contribution in [0.2, 0.25) is 0 Å². The van der Waals surface area contributed by atoms with Crippen LogP contribution in [0, 0.1) is 17.8 Å². The number of fused-ring (bicyclic) bond motifs is 2. The second kappa shape index (κ2) is 9.52. The SMILES string of the molecule is O=C(O)/C=C/C/C=C\C[C@H]1[C@@H](/C=C/C(O)C2CCCCC2)[C@H]2CC[C@@H]1O2. The lowest BCUT2D eigenvalue weighted by molar-refractivity contribution is -0.131. The number of carboxylic acid groups (broad SMARTS) is 1. The van der Waals surface area contributed by atoms with E-state index in [9.17, 15) is 9.90 Å². The van der Waals surface area contributed by atoms with E-state index in [0.29, 0.717) is 36.4 Å². The normalized spacial score (nSPS) is 33.7. The van der Waals surface area contributed by atoms with E-state index >= 15 is 0 Å². The molecule has 144 valence electrons. The molecule has 1 saturated carbocycles. The molecule has 0 aromatic rings. The number of ether oxygens (including phenoxy) is 1. The molecular weight excluding hydrogens is 328 g/mol. The maximum Gasteiger partial charge on any atom is 0.327 e. The van der Waals surface area contributed by atoms with Crippen LogP contribution in [0.5, 0.6) is 0 Å². The molecular formula is C22H32O4. The van der Waals surface area contributed by atoms with Crippen LogP contribution >= 0.6 is 0 Å². The summed E-state index contributed by atoms with van der Waals surface area (Å²) in [6.07, 6.45) is 21.6. The van der Waals surface area contributed by atoms with Crippen molar-refractivity contribution < 1.29 is 19.7 Å². The van der Waals surface area contributed by atoms with Crippen molar-refractivity contribution in [1.82, 2.24) is 0 Å². The van der Waals surface area contributed by atoms with E-state index in [4.69, 9.17) is 9.84 Å². The molecule has 0 radical (unpaired) electrons. The molecule has 2 heterocycles. The minimum Gasteiger partial charge on any atom is -0.478 e. The molecule has 4 heteroatoms. The average Bonchev–Trinajstić information content (AvgIpc) is 3.24. The number of carbonyl (C=O) groups is 1. The number of aliphatic hydroxyl groups is 1. The zero-order valence-corrected chi connectivity index (χ0v) is 15.5. The third-order valence-corrected chi connectivity index (χ3v) is 6.26. The van der Waals surface area contributed by atoms with Crippen LogP contribution < -0.4 is 0 Å². The first-order chi connectivity index (χ1) is 12.6. The van der Waals surface area contributed by atoms with Crippen molar-refractivity contribution in [2.75, 3.05) is 0 Å². The van der Waals surface area contributed by atoms with Gasteiger partial charge in [0.2, 0.25) is 0 Å². The first kappa shape index (κ1) is 19.4. The molecule has 2 bridgehead atoms. The summed E-state index contributed by atoms with van der Waals surface area (Å²) in [4.78, 5) is 10.5. The van der Waals surface area contributed by atoms with Gasteiger partial charge in [-0.1, -0.05) is 49.6 Å². The molecule has 2 aliphatic heterocycles. The van der Waals surface area contributed by atoms with E-state index in [-0.39, 0.29) is 6.10 Å². The lowest BCUT2D eigenvalue weighted by Crippen LogP contribution is -2.26. The van der Waals surface area contributed by atoms with E-state index in [1.165, 1.54) is 25.3 Å². The van der Waals surface area contributed by atoms with Gasteiger partial charge in [-0.15, -0.1) is 0 Å². The largest absolute Gasteiger partial charge is 0.478 e. The van der Waals surface area contributed by atoms with Crippen LogP contribution in [0.3, 0.4) is 0 Å². The van der Waals surface area contributed by atoms with Crippen molar-refractivity contribution in [3.63, 3.8) is 0 Å². The van der Waals surface area contributed by atoms with E-state index < -0.39 is 5.97 Å². The van der Waals surface area contributed by atoms with Crippen molar-refractivity contribution in [2.24, 2.45) is 17.8 Å². The standard InChI is InChI=1S/C22H32O4/c23-19(16-8-4-3-5-9-16)13-12-18-17(20-14-15-21(18)26-20)10-6-1-2-7-11-22(24)25/h1,6-7,11-13,16-21,23H,2-5,8-10,14-15H2,(H,24,25)/b6-1-,11-7+,13-12+/t17-,18+,19?,20-,21+/m0/s1. The molecule has 3 fully saturated rings. The summed E-state index contributed by atoms with van der Waals surface area (Å²) in [5.74, 6) is 0.398. The van der Waals surface area contributed by atoms with Gasteiger partial charge in [0.25, 0.3) is 0 Å². The summed E-state index contributed by atoms with van der Waals surface area (Å²) < 4.78 is 6.13. The number of aliphatic hydroxyl groups excluding tert-OH is 1. The topological polar surface area (TPSA) is 66.8 Å². The van der Waals surface area contributed by atoms with Gasteiger partial charge in [-0.2, -0.15) is 0 Å². The second-order valence-electron chi connectivity index (χ2n) is 7.99. The van der Waals surface area contributed by atoms with Gasteiger partial charge in [0, 0.05) is 12.0 Å². The molecule has 0 spiro atoms. The third kappa shape index (κ3) is 5.08. The zero-order chi connectivity index (χ0) is 18.4. The van der Waals surface area contributed by atoms with Gasteiger partial charge in [0.05, 0.1) is 18.3 Å². The fraction of sp³-hybridized carbons (Fsp3) is 0.682. The Morgan fingerprint density at radius 2 is 1.81 bits per heavy atom. The fourth-order valence-electron chi connectivity index (χ4n) is 4.86. The molecule has 5 atom stereocenters. The van der Waals surface area contributed by atoms with E-state index in [1.807, 2.05) is 12.2 Å². The van der Waals surface area contributed by atoms with Gasteiger partial charge in [-0.05, 0) is 50.4 Å². The number of allylic oxidation sites excluding steroid dienone is 3. The average molecular weight is 360 g/mol. The Morgan fingerprint density at radius 1 is 1.04 bits per heavy atom. The summed E-state index contributed by atoms with van der Waals surface area (Å²) in [7, 11) is 0. The fourth-order valence-corrected chi connectivity index (χ4v) is 4.86. The van der Waals surface area contributed by atoms with Crippen molar-refractivity contribution in [3.05, 3.63) is 36.5 Å². The maximum atomic E-state index is 10.5. The predicted octanol–water partition coefficient (Wildman–Crippen LogP) is 4.25. The van der Waals surface area contributed by atoms with Crippen LogP contribution in [0.4, 0.5) is 0 Å². The molecule has 3 aliphatic rings. The van der Waals surface area contributed by atoms with E-state index in [2.05, 4.69) is 12.2 Å². The van der Waals surface area contributed by atoms with Crippen LogP contribution in [0.25, 0.3) is 0 Å². The van der Waals surface area contributed by atoms with Gasteiger partial charge >= 0.3 is 5.97 Å². The summed E-state index contributed by atoms with van der Waals surface area (Å²) in [6.45, 7) is 0. The molecule has 26 heavy (non-hydrogen) atoms. The number of rotatable bonds is 8. The molecule has 1 aliphatic carbocycles. The number of hydrogen-bond acceptors (Lipinski definition) is 3. The Labute approximate surface area is 156 Å². The lowest BCUT2D eigenvalue weighted by Gasteiger charge is -2.27. The van der Waals surface area contributed by atoms with Crippen molar-refractivity contribution in [3.8, 4) is 0 Å². The molecule has 1 unspecified atom stereocenters. The second-order valence-corrected chi connectivity index (χ2v) is 7.99. The van der Waals surface area contributed by atoms with Gasteiger partial charge in [0.15, 0.2) is 0 Å². The molecule has 0 amide bonds. The zero-order valence-electron chi connectivity index (χ0n) is 15.5. The Morgan fingerprint density at radius 3 is 2.58 bits per heavy atom. The van der Waals surface area contributed by atoms with Crippen molar-refractivity contribution in [2.45, 2.75) is 76.1 Å². The first-order valence-corrected chi connectivity index (χ1v) is 10.2. The summed E-state index contributed by atoms with van der Waals surface area (Å²) in [5, 5.41) is 19.1. The van der Waals surface area contributed by atoms with Crippen LogP contribution in [0.1, 0.15) is 57.8 Å². The third-order valence-electron chi connectivity index (χ3n) is 6.26. The molecule has 0 aromatic carbocycles. The summed E-state index contributed by atoms with van der Waals surface area (Å²) in [6, 6.07) is 0.